The topological polar surface area (TPSA) is 75.4 Å². The highest BCUT2D eigenvalue weighted by Gasteiger charge is 2.18. The predicted molar refractivity (Wildman–Crippen MR) is 76.8 cm³/mol. The van der Waals surface area contributed by atoms with Gasteiger partial charge in [0.25, 0.3) is 0 Å². The standard InChI is InChI=1S/C15H24N2O2/c1-4-10(2)11(3)17-15(19)14(16)9-12-5-7-13(18)8-6-12/h5-8,10-11,14,18H,4,9,16H2,1-3H3,(H,17,19). The molecular formula is C15H24N2O2. The Morgan fingerprint density at radius 2 is 1.89 bits per heavy atom. The monoisotopic (exact) mass is 264 g/mol. The van der Waals surface area contributed by atoms with Crippen LogP contribution in [0.4, 0.5) is 0 Å². The fourth-order valence-electron chi connectivity index (χ4n) is 1.81. The molecule has 106 valence electrons. The number of nitrogens with one attached hydrogen (secondary N) is 1. The molecule has 0 saturated carbocycles. The molecule has 0 spiro atoms. The first-order valence-corrected chi connectivity index (χ1v) is 6.77. The number of hydrogen-bond acceptors (Lipinski definition) is 3. The normalized spacial score (nSPS) is 15.6. The highest BCUT2D eigenvalue weighted by atomic mass is 16.3. The van der Waals surface area contributed by atoms with Gasteiger partial charge >= 0.3 is 0 Å². The first-order valence-electron chi connectivity index (χ1n) is 6.77. The maximum atomic E-state index is 12.0. The minimum atomic E-state index is -0.559. The smallest absolute Gasteiger partial charge is 0.237 e. The summed E-state index contributed by atoms with van der Waals surface area (Å²) in [6.45, 7) is 6.21. The fraction of sp³-hybridized carbons (Fsp3) is 0.533. The van der Waals surface area contributed by atoms with Crippen LogP contribution in [-0.4, -0.2) is 23.1 Å². The van der Waals surface area contributed by atoms with Crippen LogP contribution in [0.3, 0.4) is 0 Å². The summed E-state index contributed by atoms with van der Waals surface area (Å²) >= 11 is 0. The van der Waals surface area contributed by atoms with E-state index >= 15 is 0 Å². The van der Waals surface area contributed by atoms with E-state index in [2.05, 4.69) is 19.2 Å². The molecule has 4 N–H and O–H groups in total. The molecule has 3 atom stereocenters. The highest BCUT2D eigenvalue weighted by molar-refractivity contribution is 5.82. The average Bonchev–Trinajstić information content (AvgIpc) is 2.40. The second kappa shape index (κ2) is 7.14. The summed E-state index contributed by atoms with van der Waals surface area (Å²) < 4.78 is 0. The van der Waals surface area contributed by atoms with Crippen molar-refractivity contribution < 1.29 is 9.90 Å². The lowest BCUT2D eigenvalue weighted by Gasteiger charge is -2.22. The van der Waals surface area contributed by atoms with Gasteiger partial charge < -0.3 is 16.2 Å². The van der Waals surface area contributed by atoms with Gasteiger partial charge in [0.15, 0.2) is 0 Å². The quantitative estimate of drug-likeness (QED) is 0.733. The Balaban J connectivity index is 2.51. The van der Waals surface area contributed by atoms with Crippen molar-refractivity contribution in [1.82, 2.24) is 5.32 Å². The molecule has 0 bridgehead atoms. The number of phenols is 1. The number of hydrogen-bond donors (Lipinski definition) is 3. The highest BCUT2D eigenvalue weighted by Crippen LogP contribution is 2.11. The maximum absolute atomic E-state index is 12.0. The molecule has 1 aromatic carbocycles. The summed E-state index contributed by atoms with van der Waals surface area (Å²) in [6, 6.07) is 6.32. The van der Waals surface area contributed by atoms with E-state index < -0.39 is 6.04 Å². The van der Waals surface area contributed by atoms with E-state index in [0.29, 0.717) is 12.3 Å². The van der Waals surface area contributed by atoms with Gasteiger partial charge in [-0.05, 0) is 37.0 Å². The largest absolute Gasteiger partial charge is 0.508 e. The summed E-state index contributed by atoms with van der Waals surface area (Å²) in [4.78, 5) is 12.0. The summed E-state index contributed by atoms with van der Waals surface area (Å²) in [6.07, 6.45) is 1.49. The van der Waals surface area contributed by atoms with Crippen molar-refractivity contribution in [2.75, 3.05) is 0 Å². The van der Waals surface area contributed by atoms with Gasteiger partial charge in [0.1, 0.15) is 5.75 Å². The molecule has 1 rings (SSSR count). The molecule has 4 heteroatoms. The minimum absolute atomic E-state index is 0.124. The van der Waals surface area contributed by atoms with E-state index in [1.165, 1.54) is 0 Å². The molecule has 0 radical (unpaired) electrons. The van der Waals surface area contributed by atoms with Gasteiger partial charge in [-0.1, -0.05) is 32.4 Å². The van der Waals surface area contributed by atoms with Gasteiger partial charge in [-0.15, -0.1) is 0 Å². The zero-order valence-corrected chi connectivity index (χ0v) is 11.9. The van der Waals surface area contributed by atoms with Crippen LogP contribution in [0.2, 0.25) is 0 Å². The predicted octanol–water partition coefficient (Wildman–Crippen LogP) is 1.81. The molecule has 0 aliphatic heterocycles. The zero-order chi connectivity index (χ0) is 14.4. The Kier molecular flexibility index (Phi) is 5.83. The van der Waals surface area contributed by atoms with Crippen LogP contribution in [-0.2, 0) is 11.2 Å². The zero-order valence-electron chi connectivity index (χ0n) is 11.9. The molecule has 0 fully saturated rings. The second-order valence-electron chi connectivity index (χ2n) is 5.16. The number of rotatable bonds is 6. The van der Waals surface area contributed by atoms with E-state index in [0.717, 1.165) is 12.0 Å². The van der Waals surface area contributed by atoms with E-state index in [4.69, 9.17) is 5.73 Å². The second-order valence-corrected chi connectivity index (χ2v) is 5.16. The van der Waals surface area contributed by atoms with Crippen LogP contribution < -0.4 is 11.1 Å². The fourth-order valence-corrected chi connectivity index (χ4v) is 1.81. The Labute approximate surface area is 115 Å². The third-order valence-corrected chi connectivity index (χ3v) is 3.60. The van der Waals surface area contributed by atoms with Gasteiger partial charge in [0.2, 0.25) is 5.91 Å². The Morgan fingerprint density at radius 1 is 1.32 bits per heavy atom. The molecule has 4 nitrogen and oxygen atoms in total. The molecular weight excluding hydrogens is 240 g/mol. The number of benzene rings is 1. The molecule has 1 amide bonds. The molecule has 1 aromatic rings. The summed E-state index contributed by atoms with van der Waals surface area (Å²) in [7, 11) is 0. The SMILES string of the molecule is CCC(C)C(C)NC(=O)C(N)Cc1ccc(O)cc1. The van der Waals surface area contributed by atoms with Crippen molar-refractivity contribution in [3.8, 4) is 5.75 Å². The van der Waals surface area contributed by atoms with Crippen LogP contribution in [0.25, 0.3) is 0 Å². The summed E-state index contributed by atoms with van der Waals surface area (Å²) in [5, 5.41) is 12.1. The number of amides is 1. The van der Waals surface area contributed by atoms with Gasteiger partial charge in [-0.25, -0.2) is 0 Å². The van der Waals surface area contributed by atoms with Crippen LogP contribution in [0.1, 0.15) is 32.8 Å². The van der Waals surface area contributed by atoms with Crippen LogP contribution >= 0.6 is 0 Å². The van der Waals surface area contributed by atoms with E-state index in [9.17, 15) is 9.90 Å². The van der Waals surface area contributed by atoms with Crippen molar-refractivity contribution in [2.45, 2.75) is 45.7 Å². The number of aromatic hydroxyl groups is 1. The third kappa shape index (κ3) is 4.91. The number of carbonyl (C=O) groups is 1. The Hall–Kier alpha value is -1.55. The van der Waals surface area contributed by atoms with Gasteiger partial charge in [0.05, 0.1) is 6.04 Å². The lowest BCUT2D eigenvalue weighted by Crippen LogP contribution is -2.47. The van der Waals surface area contributed by atoms with Crippen molar-refractivity contribution in [3.63, 3.8) is 0 Å². The van der Waals surface area contributed by atoms with Gasteiger partial charge in [0, 0.05) is 6.04 Å². The summed E-state index contributed by atoms with van der Waals surface area (Å²) in [5.41, 5.74) is 6.84. The van der Waals surface area contributed by atoms with E-state index in [1.807, 2.05) is 6.92 Å². The molecule has 0 saturated heterocycles. The molecule has 0 aliphatic carbocycles. The lowest BCUT2D eigenvalue weighted by molar-refractivity contribution is -0.123. The molecule has 3 unspecified atom stereocenters. The molecule has 19 heavy (non-hydrogen) atoms. The van der Waals surface area contributed by atoms with Crippen molar-refractivity contribution >= 4 is 5.91 Å². The van der Waals surface area contributed by atoms with E-state index in [1.54, 1.807) is 24.3 Å². The third-order valence-electron chi connectivity index (χ3n) is 3.60. The first-order chi connectivity index (χ1) is 8.93. The van der Waals surface area contributed by atoms with Crippen molar-refractivity contribution in [1.29, 1.82) is 0 Å². The Morgan fingerprint density at radius 3 is 2.42 bits per heavy atom. The van der Waals surface area contributed by atoms with Crippen LogP contribution in [0.5, 0.6) is 5.75 Å². The molecule has 0 heterocycles. The maximum Gasteiger partial charge on any atom is 0.237 e. The lowest BCUT2D eigenvalue weighted by atomic mass is 10.00. The number of nitrogens with two attached hydrogens (primary N) is 1. The first kappa shape index (κ1) is 15.5. The van der Waals surface area contributed by atoms with E-state index in [-0.39, 0.29) is 17.7 Å². The average molecular weight is 264 g/mol. The van der Waals surface area contributed by atoms with Crippen LogP contribution in [0.15, 0.2) is 24.3 Å². The minimum Gasteiger partial charge on any atom is -0.508 e. The van der Waals surface area contributed by atoms with Crippen molar-refractivity contribution in [3.05, 3.63) is 29.8 Å². The Bertz CT molecular complexity index is 403. The van der Waals surface area contributed by atoms with Gasteiger partial charge in [-0.3, -0.25) is 4.79 Å². The summed E-state index contributed by atoms with van der Waals surface area (Å²) in [5.74, 6) is 0.526. The molecule has 0 aliphatic rings. The number of phenolic OH excluding ortho intramolecular Hbond substituents is 1. The molecule has 0 aromatic heterocycles. The van der Waals surface area contributed by atoms with Gasteiger partial charge in [-0.2, -0.15) is 0 Å². The van der Waals surface area contributed by atoms with Crippen molar-refractivity contribution in [2.24, 2.45) is 11.7 Å². The van der Waals surface area contributed by atoms with Crippen LogP contribution in [0, 0.1) is 5.92 Å². The number of carbonyl (C=O) groups excluding carboxylic acids is 1.